The van der Waals surface area contributed by atoms with Crippen molar-refractivity contribution in [2.75, 3.05) is 0 Å². The van der Waals surface area contributed by atoms with Gasteiger partial charge in [-0.2, -0.15) is 0 Å². The minimum absolute atomic E-state index is 0.160. The lowest BCUT2D eigenvalue weighted by Crippen LogP contribution is -2.41. The molecule has 2 heterocycles. The van der Waals surface area contributed by atoms with E-state index >= 15 is 0 Å². The molecule has 2 aliphatic heterocycles. The Kier molecular flexibility index (Phi) is 2.51. The van der Waals surface area contributed by atoms with Crippen molar-refractivity contribution in [2.45, 2.75) is 25.1 Å². The number of hydrogen-bond donors (Lipinski definition) is 1. The Bertz CT molecular complexity index is 582. The number of cyclic esters (lactones) is 1. The van der Waals surface area contributed by atoms with Gasteiger partial charge >= 0.3 is 11.9 Å². The molecule has 98 valence electrons. The van der Waals surface area contributed by atoms with Crippen LogP contribution in [0.25, 0.3) is 0 Å². The number of likely N-dealkylation sites (tertiary alicyclic amines) is 1. The number of carboxylic acid groups (broad SMARTS) is 1. The average Bonchev–Trinajstić information content (AvgIpc) is 2.91. The Hall–Kier alpha value is -2.37. The molecule has 1 aromatic rings. The maximum absolute atomic E-state index is 11.9. The first-order chi connectivity index (χ1) is 9.09. The van der Waals surface area contributed by atoms with Crippen LogP contribution in [0.15, 0.2) is 24.3 Å². The van der Waals surface area contributed by atoms with Crippen molar-refractivity contribution in [2.24, 2.45) is 0 Å². The number of benzene rings is 1. The lowest BCUT2D eigenvalue weighted by molar-refractivity contribution is -0.154. The highest BCUT2D eigenvalue weighted by Crippen LogP contribution is 2.37. The SMILES string of the molecule is O=C1O[C@H](N2C(=O)CC[C@H]2C(=O)O)c2ccccc21. The highest BCUT2D eigenvalue weighted by atomic mass is 16.6. The van der Waals surface area contributed by atoms with Crippen LogP contribution >= 0.6 is 0 Å². The molecular weight excluding hydrogens is 250 g/mol. The van der Waals surface area contributed by atoms with E-state index in [2.05, 4.69) is 0 Å². The molecule has 0 bridgehead atoms. The highest BCUT2D eigenvalue weighted by Gasteiger charge is 2.46. The fourth-order valence-corrected chi connectivity index (χ4v) is 2.57. The summed E-state index contributed by atoms with van der Waals surface area (Å²) >= 11 is 0. The minimum Gasteiger partial charge on any atom is -0.480 e. The summed E-state index contributed by atoms with van der Waals surface area (Å²) in [6, 6.07) is 5.77. The molecule has 1 amide bonds. The average molecular weight is 261 g/mol. The van der Waals surface area contributed by atoms with E-state index in [1.165, 1.54) is 0 Å². The van der Waals surface area contributed by atoms with E-state index < -0.39 is 24.2 Å². The second kappa shape index (κ2) is 4.08. The molecule has 6 heteroatoms. The normalized spacial score (nSPS) is 25.4. The number of esters is 1. The van der Waals surface area contributed by atoms with Crippen LogP contribution in [0, 0.1) is 0 Å². The molecule has 2 aliphatic rings. The summed E-state index contributed by atoms with van der Waals surface area (Å²) in [7, 11) is 0. The molecule has 0 aromatic heterocycles. The number of ether oxygens (including phenoxy) is 1. The zero-order chi connectivity index (χ0) is 13.6. The summed E-state index contributed by atoms with van der Waals surface area (Å²) in [5.74, 6) is -1.90. The van der Waals surface area contributed by atoms with Gasteiger partial charge in [-0.25, -0.2) is 9.59 Å². The van der Waals surface area contributed by atoms with Crippen molar-refractivity contribution in [1.29, 1.82) is 0 Å². The Morgan fingerprint density at radius 2 is 2.05 bits per heavy atom. The number of hydrogen-bond acceptors (Lipinski definition) is 4. The number of rotatable bonds is 2. The number of amides is 1. The van der Waals surface area contributed by atoms with Crippen molar-refractivity contribution >= 4 is 17.8 Å². The second-order valence-corrected chi connectivity index (χ2v) is 4.54. The molecule has 2 atom stereocenters. The Balaban J connectivity index is 2.01. The summed E-state index contributed by atoms with van der Waals surface area (Å²) in [6.07, 6.45) is -0.516. The zero-order valence-corrected chi connectivity index (χ0v) is 9.91. The molecule has 0 saturated carbocycles. The Morgan fingerprint density at radius 3 is 2.79 bits per heavy atom. The van der Waals surface area contributed by atoms with E-state index in [1.54, 1.807) is 24.3 Å². The molecule has 0 radical (unpaired) electrons. The molecule has 1 saturated heterocycles. The Labute approximate surface area is 108 Å². The van der Waals surface area contributed by atoms with Gasteiger partial charge < -0.3 is 9.84 Å². The van der Waals surface area contributed by atoms with Gasteiger partial charge in [-0.1, -0.05) is 18.2 Å². The van der Waals surface area contributed by atoms with E-state index in [1.807, 2.05) is 0 Å². The van der Waals surface area contributed by atoms with Crippen molar-refractivity contribution in [3.8, 4) is 0 Å². The molecule has 1 aromatic carbocycles. The van der Waals surface area contributed by atoms with Crippen molar-refractivity contribution < 1.29 is 24.2 Å². The number of fused-ring (bicyclic) bond motifs is 1. The van der Waals surface area contributed by atoms with Crippen LogP contribution in [0.3, 0.4) is 0 Å². The van der Waals surface area contributed by atoms with Crippen LogP contribution in [-0.2, 0) is 14.3 Å². The summed E-state index contributed by atoms with van der Waals surface area (Å²) in [6.45, 7) is 0. The van der Waals surface area contributed by atoms with Crippen molar-refractivity contribution in [3.63, 3.8) is 0 Å². The third-order valence-electron chi connectivity index (χ3n) is 3.46. The van der Waals surface area contributed by atoms with Gasteiger partial charge in [0.25, 0.3) is 0 Å². The van der Waals surface area contributed by atoms with Gasteiger partial charge in [-0.15, -0.1) is 0 Å². The molecule has 1 N–H and O–H groups in total. The maximum Gasteiger partial charge on any atom is 0.340 e. The molecule has 0 aliphatic carbocycles. The lowest BCUT2D eigenvalue weighted by Gasteiger charge is -2.27. The van der Waals surface area contributed by atoms with Gasteiger partial charge in [0, 0.05) is 12.0 Å². The number of aliphatic carboxylic acids is 1. The number of carbonyl (C=O) groups is 3. The third-order valence-corrected chi connectivity index (χ3v) is 3.46. The summed E-state index contributed by atoms with van der Waals surface area (Å²) in [5, 5.41) is 9.14. The van der Waals surface area contributed by atoms with E-state index in [0.29, 0.717) is 11.1 Å². The molecule has 0 unspecified atom stereocenters. The summed E-state index contributed by atoms with van der Waals surface area (Å²) in [5.41, 5.74) is 0.935. The second-order valence-electron chi connectivity index (χ2n) is 4.54. The molecule has 6 nitrogen and oxygen atoms in total. The largest absolute Gasteiger partial charge is 0.480 e. The fraction of sp³-hybridized carbons (Fsp3) is 0.308. The van der Waals surface area contributed by atoms with Crippen LogP contribution in [0.5, 0.6) is 0 Å². The molecule has 3 rings (SSSR count). The van der Waals surface area contributed by atoms with E-state index in [-0.39, 0.29) is 18.7 Å². The quantitative estimate of drug-likeness (QED) is 0.801. The van der Waals surface area contributed by atoms with Crippen LogP contribution in [0.2, 0.25) is 0 Å². The molecular formula is C13H11NO5. The van der Waals surface area contributed by atoms with Gasteiger partial charge in [-0.3, -0.25) is 9.69 Å². The zero-order valence-electron chi connectivity index (χ0n) is 9.91. The lowest BCUT2D eigenvalue weighted by atomic mass is 10.1. The summed E-state index contributed by atoms with van der Waals surface area (Å²) in [4.78, 5) is 35.9. The van der Waals surface area contributed by atoms with Crippen LogP contribution < -0.4 is 0 Å². The molecule has 0 spiro atoms. The topological polar surface area (TPSA) is 83.9 Å². The maximum atomic E-state index is 11.9. The first-order valence-corrected chi connectivity index (χ1v) is 5.93. The smallest absolute Gasteiger partial charge is 0.340 e. The van der Waals surface area contributed by atoms with Gasteiger partial charge in [0.05, 0.1) is 5.56 Å². The summed E-state index contributed by atoms with van der Waals surface area (Å²) < 4.78 is 5.17. The third kappa shape index (κ3) is 1.68. The van der Waals surface area contributed by atoms with Crippen molar-refractivity contribution in [1.82, 2.24) is 4.90 Å². The van der Waals surface area contributed by atoms with E-state index in [4.69, 9.17) is 9.84 Å². The van der Waals surface area contributed by atoms with Crippen molar-refractivity contribution in [3.05, 3.63) is 35.4 Å². The van der Waals surface area contributed by atoms with Gasteiger partial charge in [0.15, 0.2) is 0 Å². The van der Waals surface area contributed by atoms with Gasteiger partial charge in [-0.05, 0) is 12.5 Å². The molecule has 19 heavy (non-hydrogen) atoms. The van der Waals surface area contributed by atoms with E-state index in [9.17, 15) is 14.4 Å². The monoisotopic (exact) mass is 261 g/mol. The predicted molar refractivity (Wildman–Crippen MR) is 62.1 cm³/mol. The standard InChI is InChI=1S/C13H11NO5/c15-10-6-5-9(12(16)17)14(10)11-7-3-1-2-4-8(7)13(18)19-11/h1-4,9,11H,5-6H2,(H,16,17)/t9-,11-/m0/s1. The fourth-order valence-electron chi connectivity index (χ4n) is 2.57. The Morgan fingerprint density at radius 1 is 1.32 bits per heavy atom. The first-order valence-electron chi connectivity index (χ1n) is 5.93. The highest BCUT2D eigenvalue weighted by molar-refractivity contribution is 5.95. The minimum atomic E-state index is -1.08. The van der Waals surface area contributed by atoms with Gasteiger partial charge in [0.1, 0.15) is 6.04 Å². The van der Waals surface area contributed by atoms with Crippen LogP contribution in [-0.4, -0.2) is 33.9 Å². The number of carbonyl (C=O) groups excluding carboxylic acids is 2. The van der Waals surface area contributed by atoms with Crippen LogP contribution in [0.4, 0.5) is 0 Å². The van der Waals surface area contributed by atoms with Crippen LogP contribution in [0.1, 0.15) is 35.0 Å². The van der Waals surface area contributed by atoms with E-state index in [0.717, 1.165) is 4.90 Å². The predicted octanol–water partition coefficient (Wildman–Crippen LogP) is 0.931. The van der Waals surface area contributed by atoms with Gasteiger partial charge in [0.2, 0.25) is 12.1 Å². The molecule has 1 fully saturated rings. The first kappa shape index (κ1) is 11.7. The number of nitrogens with zero attached hydrogens (tertiary/aromatic N) is 1. The number of carboxylic acids is 1.